The van der Waals surface area contributed by atoms with Crippen molar-refractivity contribution in [3.63, 3.8) is 0 Å². The van der Waals surface area contributed by atoms with Crippen LogP contribution in [0.2, 0.25) is 0 Å². The van der Waals surface area contributed by atoms with Crippen LogP contribution < -0.4 is 5.32 Å². The first-order valence-electron chi connectivity index (χ1n) is 9.84. The average Bonchev–Trinajstić information content (AvgIpc) is 3.17. The standard InChI is InChI=1S/C23H27N3O/c1-2-18(21-16-27-14-13-24-21)15-26-17-25-22(19-9-5-3-6-10-19)23(26)20-11-7-4-8-12-20/h3-12,17-18,21,24H,2,13-16H2,1H3. The van der Waals surface area contributed by atoms with Crippen molar-refractivity contribution in [3.8, 4) is 22.5 Å². The van der Waals surface area contributed by atoms with Crippen molar-refractivity contribution in [1.82, 2.24) is 14.9 Å². The summed E-state index contributed by atoms with van der Waals surface area (Å²) < 4.78 is 8.03. The molecule has 1 aliphatic heterocycles. The van der Waals surface area contributed by atoms with Gasteiger partial charge in [0.2, 0.25) is 0 Å². The van der Waals surface area contributed by atoms with Gasteiger partial charge in [0.15, 0.2) is 0 Å². The molecule has 140 valence electrons. The van der Waals surface area contributed by atoms with Crippen molar-refractivity contribution in [2.45, 2.75) is 25.9 Å². The zero-order valence-corrected chi connectivity index (χ0v) is 15.8. The average molecular weight is 361 g/mol. The van der Waals surface area contributed by atoms with Crippen molar-refractivity contribution in [1.29, 1.82) is 0 Å². The Labute approximate surface area is 161 Å². The largest absolute Gasteiger partial charge is 0.379 e. The van der Waals surface area contributed by atoms with E-state index in [9.17, 15) is 0 Å². The molecule has 0 radical (unpaired) electrons. The summed E-state index contributed by atoms with van der Waals surface area (Å²) in [6.45, 7) is 5.73. The Morgan fingerprint density at radius 1 is 1.07 bits per heavy atom. The van der Waals surface area contributed by atoms with Gasteiger partial charge in [-0.25, -0.2) is 4.98 Å². The Balaban J connectivity index is 1.71. The fourth-order valence-corrected chi connectivity index (χ4v) is 3.91. The van der Waals surface area contributed by atoms with Crippen LogP contribution in [-0.4, -0.2) is 35.4 Å². The van der Waals surface area contributed by atoms with Crippen molar-refractivity contribution < 1.29 is 4.74 Å². The highest BCUT2D eigenvalue weighted by molar-refractivity contribution is 5.78. The van der Waals surface area contributed by atoms with Crippen LogP contribution in [0.1, 0.15) is 13.3 Å². The third-order valence-corrected chi connectivity index (χ3v) is 5.41. The number of morpholine rings is 1. The van der Waals surface area contributed by atoms with Gasteiger partial charge in [0.05, 0.1) is 30.9 Å². The molecule has 1 aromatic heterocycles. The molecule has 1 saturated heterocycles. The first-order valence-corrected chi connectivity index (χ1v) is 9.84. The second kappa shape index (κ2) is 8.51. The molecular formula is C23H27N3O. The maximum atomic E-state index is 5.70. The van der Waals surface area contributed by atoms with Gasteiger partial charge in [-0.05, 0) is 5.92 Å². The Kier molecular flexibility index (Phi) is 5.66. The molecule has 2 unspecified atom stereocenters. The Hall–Kier alpha value is -2.43. The highest BCUT2D eigenvalue weighted by Crippen LogP contribution is 2.32. The van der Waals surface area contributed by atoms with Crippen molar-refractivity contribution in [2.75, 3.05) is 19.8 Å². The number of nitrogens with zero attached hydrogens (tertiary/aromatic N) is 2. The van der Waals surface area contributed by atoms with E-state index in [2.05, 4.69) is 71.4 Å². The molecule has 3 aromatic rings. The fourth-order valence-electron chi connectivity index (χ4n) is 3.91. The van der Waals surface area contributed by atoms with Crippen LogP contribution in [0.3, 0.4) is 0 Å². The van der Waals surface area contributed by atoms with Gasteiger partial charge in [0.25, 0.3) is 0 Å². The fraction of sp³-hybridized carbons (Fsp3) is 0.348. The molecule has 27 heavy (non-hydrogen) atoms. The van der Waals surface area contributed by atoms with E-state index in [4.69, 9.17) is 9.72 Å². The third kappa shape index (κ3) is 3.97. The van der Waals surface area contributed by atoms with Crippen LogP contribution in [0.5, 0.6) is 0 Å². The van der Waals surface area contributed by atoms with E-state index in [1.54, 1.807) is 0 Å². The van der Waals surface area contributed by atoms with Crippen molar-refractivity contribution in [3.05, 3.63) is 67.0 Å². The molecule has 0 bridgehead atoms. The number of nitrogens with one attached hydrogen (secondary N) is 1. The second-order valence-electron chi connectivity index (χ2n) is 7.13. The van der Waals surface area contributed by atoms with Gasteiger partial charge >= 0.3 is 0 Å². The summed E-state index contributed by atoms with van der Waals surface area (Å²) in [4.78, 5) is 4.81. The highest BCUT2D eigenvalue weighted by atomic mass is 16.5. The molecule has 1 aliphatic rings. The monoisotopic (exact) mass is 361 g/mol. The zero-order valence-electron chi connectivity index (χ0n) is 15.8. The lowest BCUT2D eigenvalue weighted by atomic mass is 9.96. The lowest BCUT2D eigenvalue weighted by Crippen LogP contribution is -2.47. The minimum atomic E-state index is 0.398. The molecular weight excluding hydrogens is 334 g/mol. The van der Waals surface area contributed by atoms with Crippen LogP contribution in [0.4, 0.5) is 0 Å². The highest BCUT2D eigenvalue weighted by Gasteiger charge is 2.24. The molecule has 2 aromatic carbocycles. The van der Waals surface area contributed by atoms with Gasteiger partial charge in [-0.3, -0.25) is 0 Å². The Morgan fingerprint density at radius 2 is 1.78 bits per heavy atom. The van der Waals surface area contributed by atoms with E-state index in [-0.39, 0.29) is 0 Å². The van der Waals surface area contributed by atoms with E-state index in [1.807, 2.05) is 12.4 Å². The summed E-state index contributed by atoms with van der Waals surface area (Å²) >= 11 is 0. The van der Waals surface area contributed by atoms with Crippen LogP contribution in [0.25, 0.3) is 22.5 Å². The maximum absolute atomic E-state index is 5.70. The van der Waals surface area contributed by atoms with Gasteiger partial charge in [0, 0.05) is 30.3 Å². The minimum Gasteiger partial charge on any atom is -0.379 e. The second-order valence-corrected chi connectivity index (χ2v) is 7.13. The van der Waals surface area contributed by atoms with E-state index in [0.717, 1.165) is 44.0 Å². The lowest BCUT2D eigenvalue weighted by Gasteiger charge is -2.31. The molecule has 2 atom stereocenters. The summed E-state index contributed by atoms with van der Waals surface area (Å²) in [5, 5.41) is 3.63. The number of imidazole rings is 1. The molecule has 0 saturated carbocycles. The molecule has 1 fully saturated rings. The maximum Gasteiger partial charge on any atom is 0.0963 e. The minimum absolute atomic E-state index is 0.398. The summed E-state index contributed by atoms with van der Waals surface area (Å²) in [7, 11) is 0. The molecule has 1 N–H and O–H groups in total. The van der Waals surface area contributed by atoms with Crippen LogP contribution in [0.15, 0.2) is 67.0 Å². The van der Waals surface area contributed by atoms with Crippen LogP contribution >= 0.6 is 0 Å². The molecule has 4 rings (SSSR count). The van der Waals surface area contributed by atoms with Gasteiger partial charge < -0.3 is 14.6 Å². The summed E-state index contributed by atoms with van der Waals surface area (Å²) in [5.74, 6) is 0.505. The van der Waals surface area contributed by atoms with Crippen molar-refractivity contribution in [2.24, 2.45) is 5.92 Å². The normalized spacial score (nSPS) is 18.3. The van der Waals surface area contributed by atoms with Gasteiger partial charge in [0.1, 0.15) is 0 Å². The smallest absolute Gasteiger partial charge is 0.0963 e. The van der Waals surface area contributed by atoms with Crippen LogP contribution in [0, 0.1) is 5.92 Å². The molecule has 0 aliphatic carbocycles. The molecule has 4 nitrogen and oxygen atoms in total. The third-order valence-electron chi connectivity index (χ3n) is 5.41. The number of aromatic nitrogens is 2. The number of hydrogen-bond acceptors (Lipinski definition) is 3. The Bertz CT molecular complexity index is 839. The van der Waals surface area contributed by atoms with E-state index >= 15 is 0 Å². The van der Waals surface area contributed by atoms with E-state index in [1.165, 1.54) is 11.3 Å². The molecule has 4 heteroatoms. The van der Waals surface area contributed by atoms with Gasteiger partial charge in [-0.15, -0.1) is 0 Å². The quantitative estimate of drug-likeness (QED) is 0.714. The van der Waals surface area contributed by atoms with Gasteiger partial charge in [-0.2, -0.15) is 0 Å². The first-order chi connectivity index (χ1) is 13.4. The predicted octanol–water partition coefficient (Wildman–Crippen LogP) is 4.23. The summed E-state index contributed by atoms with van der Waals surface area (Å²) in [5.41, 5.74) is 4.60. The number of benzene rings is 2. The van der Waals surface area contributed by atoms with E-state index < -0.39 is 0 Å². The lowest BCUT2D eigenvalue weighted by molar-refractivity contribution is 0.0524. The van der Waals surface area contributed by atoms with Gasteiger partial charge in [-0.1, -0.05) is 74.0 Å². The summed E-state index contributed by atoms with van der Waals surface area (Å²) in [6.07, 6.45) is 3.10. The SMILES string of the molecule is CCC(Cn1cnc(-c2ccccc2)c1-c1ccccc1)C1COCCN1. The molecule has 0 amide bonds. The van der Waals surface area contributed by atoms with Crippen molar-refractivity contribution >= 4 is 0 Å². The van der Waals surface area contributed by atoms with E-state index in [0.29, 0.717) is 12.0 Å². The molecule has 2 heterocycles. The zero-order chi connectivity index (χ0) is 18.5. The number of rotatable bonds is 6. The summed E-state index contributed by atoms with van der Waals surface area (Å²) in [6, 6.07) is 21.4. The Morgan fingerprint density at radius 3 is 2.41 bits per heavy atom. The first kappa shape index (κ1) is 18.0. The van der Waals surface area contributed by atoms with Crippen LogP contribution in [-0.2, 0) is 11.3 Å². The number of hydrogen-bond donors (Lipinski definition) is 1. The predicted molar refractivity (Wildman–Crippen MR) is 109 cm³/mol. The number of ether oxygens (including phenoxy) is 1. The topological polar surface area (TPSA) is 39.1 Å². The molecule has 0 spiro atoms.